The van der Waals surface area contributed by atoms with Crippen molar-refractivity contribution in [1.82, 2.24) is 0 Å². The Morgan fingerprint density at radius 1 is 0.958 bits per heavy atom. The van der Waals surface area contributed by atoms with Gasteiger partial charge in [0.25, 0.3) is 0 Å². The van der Waals surface area contributed by atoms with Gasteiger partial charge < -0.3 is 18.9 Å². The van der Waals surface area contributed by atoms with Crippen LogP contribution in [0.1, 0.15) is 5.56 Å². The molecule has 0 fully saturated rings. The lowest BCUT2D eigenvalue weighted by molar-refractivity contribution is -0.129. The zero-order chi connectivity index (χ0) is 17.5. The summed E-state index contributed by atoms with van der Waals surface area (Å²) in [5.74, 6) is -0.0676. The van der Waals surface area contributed by atoms with Crippen LogP contribution in [0, 0.1) is 5.82 Å². The number of carbonyl (C=O) groups is 1. The van der Waals surface area contributed by atoms with Crippen LogP contribution in [0.4, 0.5) is 4.39 Å². The van der Waals surface area contributed by atoms with Crippen LogP contribution in [0.25, 0.3) is 6.08 Å². The molecule has 6 heteroatoms. The predicted molar refractivity (Wildman–Crippen MR) is 87.2 cm³/mol. The molecule has 0 N–H and O–H groups in total. The van der Waals surface area contributed by atoms with Crippen LogP contribution >= 0.6 is 0 Å². The average molecular weight is 332 g/mol. The highest BCUT2D eigenvalue weighted by molar-refractivity contribution is 5.89. The SMILES string of the molecule is COc1cc(/C=C/C(=O)Oc2ccccc2F)cc(OC)c1OC. The minimum absolute atomic E-state index is 0.128. The summed E-state index contributed by atoms with van der Waals surface area (Å²) in [6, 6.07) is 9.03. The van der Waals surface area contributed by atoms with Crippen molar-refractivity contribution < 1.29 is 28.1 Å². The second kappa shape index (κ2) is 8.01. The molecule has 0 aliphatic heterocycles. The van der Waals surface area contributed by atoms with Crippen molar-refractivity contribution >= 4 is 12.0 Å². The highest BCUT2D eigenvalue weighted by Crippen LogP contribution is 2.38. The molecule has 0 aliphatic rings. The molecular weight excluding hydrogens is 315 g/mol. The molecule has 0 spiro atoms. The molecule has 2 aromatic carbocycles. The molecule has 0 saturated carbocycles. The molecule has 0 aromatic heterocycles. The number of esters is 1. The van der Waals surface area contributed by atoms with E-state index < -0.39 is 11.8 Å². The maximum Gasteiger partial charge on any atom is 0.336 e. The number of ether oxygens (including phenoxy) is 4. The van der Waals surface area contributed by atoms with E-state index in [0.717, 1.165) is 0 Å². The van der Waals surface area contributed by atoms with Crippen molar-refractivity contribution in [2.45, 2.75) is 0 Å². The van der Waals surface area contributed by atoms with Gasteiger partial charge >= 0.3 is 5.97 Å². The molecule has 5 nitrogen and oxygen atoms in total. The average Bonchev–Trinajstić information content (AvgIpc) is 2.60. The van der Waals surface area contributed by atoms with Crippen LogP contribution in [-0.2, 0) is 4.79 Å². The Hall–Kier alpha value is -3.02. The van der Waals surface area contributed by atoms with Crippen molar-refractivity contribution in [1.29, 1.82) is 0 Å². The number of halogens is 1. The lowest BCUT2D eigenvalue weighted by Crippen LogP contribution is -2.05. The van der Waals surface area contributed by atoms with Gasteiger partial charge in [0.05, 0.1) is 21.3 Å². The zero-order valence-electron chi connectivity index (χ0n) is 13.5. The van der Waals surface area contributed by atoms with Gasteiger partial charge in [0.15, 0.2) is 23.1 Å². The summed E-state index contributed by atoms with van der Waals surface area (Å²) in [4.78, 5) is 11.8. The maximum absolute atomic E-state index is 13.4. The summed E-state index contributed by atoms with van der Waals surface area (Å²) in [5.41, 5.74) is 0.634. The first-order valence-electron chi connectivity index (χ1n) is 7.03. The largest absolute Gasteiger partial charge is 0.493 e. The van der Waals surface area contributed by atoms with Crippen molar-refractivity contribution in [3.05, 3.63) is 53.9 Å². The van der Waals surface area contributed by atoms with Crippen LogP contribution in [0.3, 0.4) is 0 Å². The Morgan fingerprint density at radius 3 is 2.12 bits per heavy atom. The van der Waals surface area contributed by atoms with Crippen LogP contribution in [0.2, 0.25) is 0 Å². The number of benzene rings is 2. The summed E-state index contributed by atoms with van der Waals surface area (Å²) in [6.07, 6.45) is 2.70. The van der Waals surface area contributed by atoms with Crippen LogP contribution < -0.4 is 18.9 Å². The molecule has 0 atom stereocenters. The van der Waals surface area contributed by atoms with Crippen LogP contribution in [0.5, 0.6) is 23.0 Å². The minimum Gasteiger partial charge on any atom is -0.493 e. The van der Waals surface area contributed by atoms with E-state index in [4.69, 9.17) is 18.9 Å². The summed E-state index contributed by atoms with van der Waals surface area (Å²) in [5, 5.41) is 0. The van der Waals surface area contributed by atoms with E-state index in [0.29, 0.717) is 22.8 Å². The molecule has 0 amide bonds. The van der Waals surface area contributed by atoms with Gasteiger partial charge in [0.2, 0.25) is 5.75 Å². The van der Waals surface area contributed by atoms with E-state index in [1.54, 1.807) is 18.2 Å². The van der Waals surface area contributed by atoms with Gasteiger partial charge in [-0.15, -0.1) is 0 Å². The molecule has 126 valence electrons. The molecule has 0 radical (unpaired) electrons. The van der Waals surface area contributed by atoms with E-state index in [-0.39, 0.29) is 5.75 Å². The number of methoxy groups -OCH3 is 3. The van der Waals surface area contributed by atoms with Crippen molar-refractivity contribution in [3.8, 4) is 23.0 Å². The second-order valence-corrected chi connectivity index (χ2v) is 4.64. The molecule has 0 unspecified atom stereocenters. The first-order valence-corrected chi connectivity index (χ1v) is 7.03. The molecule has 2 aromatic rings. The third-order valence-corrected chi connectivity index (χ3v) is 3.15. The summed E-state index contributed by atoms with van der Waals surface area (Å²) in [6.45, 7) is 0. The van der Waals surface area contributed by atoms with Gasteiger partial charge in [-0.3, -0.25) is 0 Å². The number of hydrogen-bond acceptors (Lipinski definition) is 5. The monoisotopic (exact) mass is 332 g/mol. The standard InChI is InChI=1S/C18H17FO5/c1-21-15-10-12(11-16(22-2)18(15)23-3)8-9-17(20)24-14-7-5-4-6-13(14)19/h4-11H,1-3H3/b9-8+. The Labute approximate surface area is 139 Å². The predicted octanol–water partition coefficient (Wildman–Crippen LogP) is 3.47. The molecule has 2 rings (SSSR count). The lowest BCUT2D eigenvalue weighted by Gasteiger charge is -2.12. The highest BCUT2D eigenvalue weighted by atomic mass is 19.1. The number of carbonyl (C=O) groups excluding carboxylic acids is 1. The maximum atomic E-state index is 13.4. The van der Waals surface area contributed by atoms with Crippen molar-refractivity contribution in [3.63, 3.8) is 0 Å². The highest BCUT2D eigenvalue weighted by Gasteiger charge is 2.12. The Balaban J connectivity index is 2.19. The van der Waals surface area contributed by atoms with Gasteiger partial charge in [-0.1, -0.05) is 12.1 Å². The van der Waals surface area contributed by atoms with E-state index in [9.17, 15) is 9.18 Å². The van der Waals surface area contributed by atoms with Gasteiger partial charge in [-0.2, -0.15) is 0 Å². The quantitative estimate of drug-likeness (QED) is 0.461. The number of para-hydroxylation sites is 1. The van der Waals surface area contributed by atoms with Gasteiger partial charge in [-0.25, -0.2) is 9.18 Å². The minimum atomic E-state index is -0.700. The first kappa shape index (κ1) is 17.3. The molecule has 0 aliphatic carbocycles. The Kier molecular flexibility index (Phi) is 5.78. The summed E-state index contributed by atoms with van der Waals surface area (Å²) < 4.78 is 34.1. The van der Waals surface area contributed by atoms with Gasteiger partial charge in [-0.05, 0) is 35.9 Å². The van der Waals surface area contributed by atoms with E-state index in [1.165, 1.54) is 51.7 Å². The van der Waals surface area contributed by atoms with E-state index in [2.05, 4.69) is 0 Å². The summed E-state index contributed by atoms with van der Waals surface area (Å²) >= 11 is 0. The number of rotatable bonds is 6. The molecule has 24 heavy (non-hydrogen) atoms. The fourth-order valence-electron chi connectivity index (χ4n) is 2.03. The molecular formula is C18H17FO5. The van der Waals surface area contributed by atoms with Gasteiger partial charge in [0, 0.05) is 6.08 Å². The topological polar surface area (TPSA) is 54.0 Å². The van der Waals surface area contributed by atoms with Gasteiger partial charge in [0.1, 0.15) is 0 Å². The Morgan fingerprint density at radius 2 is 1.58 bits per heavy atom. The van der Waals surface area contributed by atoms with E-state index >= 15 is 0 Å². The smallest absolute Gasteiger partial charge is 0.336 e. The van der Waals surface area contributed by atoms with Crippen molar-refractivity contribution in [2.24, 2.45) is 0 Å². The fourth-order valence-corrected chi connectivity index (χ4v) is 2.03. The third-order valence-electron chi connectivity index (χ3n) is 3.15. The first-order chi connectivity index (χ1) is 11.6. The second-order valence-electron chi connectivity index (χ2n) is 4.64. The number of hydrogen-bond donors (Lipinski definition) is 0. The zero-order valence-corrected chi connectivity index (χ0v) is 13.5. The van der Waals surface area contributed by atoms with Crippen LogP contribution in [-0.4, -0.2) is 27.3 Å². The van der Waals surface area contributed by atoms with Crippen LogP contribution in [0.15, 0.2) is 42.5 Å². The fraction of sp³-hybridized carbons (Fsp3) is 0.167. The Bertz CT molecular complexity index is 730. The lowest BCUT2D eigenvalue weighted by atomic mass is 10.1. The van der Waals surface area contributed by atoms with E-state index in [1.807, 2.05) is 0 Å². The third kappa shape index (κ3) is 4.04. The molecule has 0 heterocycles. The molecule has 0 saturated heterocycles. The normalized spacial score (nSPS) is 10.5. The molecule has 0 bridgehead atoms. The van der Waals surface area contributed by atoms with Crippen molar-refractivity contribution in [2.75, 3.05) is 21.3 Å². The summed E-state index contributed by atoms with van der Waals surface area (Å²) in [7, 11) is 4.50.